The van der Waals surface area contributed by atoms with Crippen LogP contribution in [0.25, 0.3) is 10.8 Å². The van der Waals surface area contributed by atoms with Crippen molar-refractivity contribution in [1.82, 2.24) is 5.16 Å². The number of aromatic nitrogens is 1. The van der Waals surface area contributed by atoms with Crippen LogP contribution >= 0.6 is 0 Å². The zero-order chi connectivity index (χ0) is 8.55. The maximum Gasteiger partial charge on any atom is 0.366 e. The molecule has 0 spiro atoms. The van der Waals surface area contributed by atoms with Gasteiger partial charge in [-0.05, 0) is 13.0 Å². The molecule has 0 saturated carbocycles. The van der Waals surface area contributed by atoms with Crippen LogP contribution in [0.4, 0.5) is 0 Å². The van der Waals surface area contributed by atoms with Gasteiger partial charge < -0.3 is 4.52 Å². The van der Waals surface area contributed by atoms with Gasteiger partial charge in [0.2, 0.25) is 0 Å². The van der Waals surface area contributed by atoms with Crippen molar-refractivity contribution in [2.24, 2.45) is 0 Å². The minimum absolute atomic E-state index is 0.379. The molecule has 3 heteroatoms. The highest BCUT2D eigenvalue weighted by atomic mass is 16.5. The van der Waals surface area contributed by atoms with E-state index in [0.717, 1.165) is 11.1 Å². The second kappa shape index (κ2) is 2.44. The molecule has 2 rings (SSSR count). The van der Waals surface area contributed by atoms with Crippen LogP contribution in [0.3, 0.4) is 0 Å². The molecular weight excluding hydrogens is 154 g/mol. The van der Waals surface area contributed by atoms with Gasteiger partial charge in [-0.3, -0.25) is 0 Å². The van der Waals surface area contributed by atoms with E-state index in [1.807, 2.05) is 19.1 Å². The molecule has 0 atom stereocenters. The van der Waals surface area contributed by atoms with E-state index in [1.54, 1.807) is 12.1 Å². The van der Waals surface area contributed by atoms with Crippen LogP contribution in [0.2, 0.25) is 0 Å². The third-order valence-electron chi connectivity index (χ3n) is 1.80. The van der Waals surface area contributed by atoms with Crippen LogP contribution in [-0.4, -0.2) is 5.16 Å². The van der Waals surface area contributed by atoms with Crippen molar-refractivity contribution in [1.29, 1.82) is 0 Å². The van der Waals surface area contributed by atoms with Gasteiger partial charge in [0.1, 0.15) is 0 Å². The van der Waals surface area contributed by atoms with E-state index in [-0.39, 0.29) is 5.63 Å². The SMILES string of the molecule is Cc1noc(=O)c2ccccc12. The molecule has 0 saturated heterocycles. The van der Waals surface area contributed by atoms with Crippen molar-refractivity contribution in [2.45, 2.75) is 6.92 Å². The molecule has 3 nitrogen and oxygen atoms in total. The fourth-order valence-corrected chi connectivity index (χ4v) is 1.18. The van der Waals surface area contributed by atoms with Crippen LogP contribution in [0.15, 0.2) is 33.6 Å². The van der Waals surface area contributed by atoms with E-state index < -0.39 is 0 Å². The van der Waals surface area contributed by atoms with Gasteiger partial charge in [0.15, 0.2) is 0 Å². The maximum absolute atomic E-state index is 11.1. The molecule has 0 aliphatic heterocycles. The Morgan fingerprint density at radius 2 is 1.92 bits per heavy atom. The summed E-state index contributed by atoms with van der Waals surface area (Å²) in [6, 6.07) is 7.26. The zero-order valence-electron chi connectivity index (χ0n) is 6.57. The van der Waals surface area contributed by atoms with Gasteiger partial charge >= 0.3 is 5.63 Å². The Morgan fingerprint density at radius 1 is 1.25 bits per heavy atom. The molecular formula is C9H7NO2. The number of fused-ring (bicyclic) bond motifs is 1. The van der Waals surface area contributed by atoms with E-state index in [0.29, 0.717) is 5.39 Å². The highest BCUT2D eigenvalue weighted by molar-refractivity contribution is 5.82. The van der Waals surface area contributed by atoms with Crippen LogP contribution in [0.5, 0.6) is 0 Å². The smallest absolute Gasteiger partial charge is 0.313 e. The van der Waals surface area contributed by atoms with Crippen LogP contribution in [-0.2, 0) is 0 Å². The van der Waals surface area contributed by atoms with Gasteiger partial charge in [-0.15, -0.1) is 0 Å². The number of aryl methyl sites for hydroxylation is 1. The van der Waals surface area contributed by atoms with Gasteiger partial charge in [0, 0.05) is 5.39 Å². The Kier molecular flexibility index (Phi) is 1.43. The molecule has 0 bridgehead atoms. The number of benzene rings is 1. The number of hydrogen-bond donors (Lipinski definition) is 0. The lowest BCUT2D eigenvalue weighted by molar-refractivity contribution is 0.371. The largest absolute Gasteiger partial charge is 0.366 e. The Morgan fingerprint density at radius 3 is 2.58 bits per heavy atom. The molecule has 0 unspecified atom stereocenters. The van der Waals surface area contributed by atoms with E-state index in [9.17, 15) is 4.79 Å². The van der Waals surface area contributed by atoms with Crippen LogP contribution < -0.4 is 5.63 Å². The maximum atomic E-state index is 11.1. The summed E-state index contributed by atoms with van der Waals surface area (Å²) in [6.07, 6.45) is 0. The van der Waals surface area contributed by atoms with Gasteiger partial charge in [-0.1, -0.05) is 23.4 Å². The molecule has 1 aromatic heterocycles. The predicted molar refractivity (Wildman–Crippen MR) is 45.0 cm³/mol. The van der Waals surface area contributed by atoms with Gasteiger partial charge in [0.25, 0.3) is 0 Å². The molecule has 0 amide bonds. The van der Waals surface area contributed by atoms with Crippen molar-refractivity contribution < 1.29 is 4.52 Å². The first-order valence-corrected chi connectivity index (χ1v) is 3.64. The van der Waals surface area contributed by atoms with Crippen LogP contribution in [0, 0.1) is 6.92 Å². The third kappa shape index (κ3) is 0.906. The van der Waals surface area contributed by atoms with E-state index in [2.05, 4.69) is 9.68 Å². The summed E-state index contributed by atoms with van der Waals surface area (Å²) >= 11 is 0. The minimum atomic E-state index is -0.379. The van der Waals surface area contributed by atoms with Crippen molar-refractivity contribution in [3.63, 3.8) is 0 Å². The molecule has 12 heavy (non-hydrogen) atoms. The number of rotatable bonds is 0. The molecule has 0 fully saturated rings. The van der Waals surface area contributed by atoms with Crippen molar-refractivity contribution in [3.8, 4) is 0 Å². The van der Waals surface area contributed by atoms with Gasteiger partial charge in [-0.25, -0.2) is 4.79 Å². The Balaban J connectivity index is 3.05. The first kappa shape index (κ1) is 7.03. The van der Waals surface area contributed by atoms with E-state index in [1.165, 1.54) is 0 Å². The lowest BCUT2D eigenvalue weighted by Crippen LogP contribution is -2.02. The molecule has 0 aliphatic rings. The summed E-state index contributed by atoms with van der Waals surface area (Å²) in [5.74, 6) is 0. The van der Waals surface area contributed by atoms with Crippen molar-refractivity contribution in [2.75, 3.05) is 0 Å². The summed E-state index contributed by atoms with van der Waals surface area (Å²) in [5.41, 5.74) is 0.362. The average Bonchev–Trinajstić information content (AvgIpc) is 2.12. The lowest BCUT2D eigenvalue weighted by atomic mass is 10.1. The predicted octanol–water partition coefficient (Wildman–Crippen LogP) is 1.50. The standard InChI is InChI=1S/C9H7NO2/c1-6-7-4-2-3-5-8(7)9(11)12-10-6/h2-5H,1H3. The Labute approximate surface area is 68.6 Å². The summed E-state index contributed by atoms with van der Waals surface area (Å²) in [4.78, 5) is 11.1. The fraction of sp³-hybridized carbons (Fsp3) is 0.111. The summed E-state index contributed by atoms with van der Waals surface area (Å²) in [7, 11) is 0. The highest BCUT2D eigenvalue weighted by Gasteiger charge is 2.01. The molecule has 0 N–H and O–H groups in total. The minimum Gasteiger partial charge on any atom is -0.313 e. The van der Waals surface area contributed by atoms with Crippen molar-refractivity contribution in [3.05, 3.63) is 40.4 Å². The first-order valence-electron chi connectivity index (χ1n) is 3.64. The van der Waals surface area contributed by atoms with E-state index >= 15 is 0 Å². The molecule has 0 aliphatic carbocycles. The monoisotopic (exact) mass is 161 g/mol. The van der Waals surface area contributed by atoms with Gasteiger partial charge in [0.05, 0.1) is 11.1 Å². The second-order valence-electron chi connectivity index (χ2n) is 2.60. The topological polar surface area (TPSA) is 43.1 Å². The molecule has 60 valence electrons. The molecule has 2 aromatic rings. The average molecular weight is 161 g/mol. The zero-order valence-corrected chi connectivity index (χ0v) is 6.57. The number of hydrogen-bond acceptors (Lipinski definition) is 3. The summed E-state index contributed by atoms with van der Waals surface area (Å²) < 4.78 is 4.57. The lowest BCUT2D eigenvalue weighted by Gasteiger charge is -1.95. The highest BCUT2D eigenvalue weighted by Crippen LogP contribution is 2.10. The summed E-state index contributed by atoms with van der Waals surface area (Å²) in [6.45, 7) is 1.81. The van der Waals surface area contributed by atoms with Crippen molar-refractivity contribution >= 4 is 10.8 Å². The quantitative estimate of drug-likeness (QED) is 0.588. The Bertz CT molecular complexity index is 473. The van der Waals surface area contributed by atoms with Crippen LogP contribution in [0.1, 0.15) is 5.69 Å². The molecule has 1 aromatic carbocycles. The molecule has 1 heterocycles. The fourth-order valence-electron chi connectivity index (χ4n) is 1.18. The summed E-state index contributed by atoms with van der Waals surface area (Å²) in [5, 5.41) is 5.06. The van der Waals surface area contributed by atoms with Gasteiger partial charge in [-0.2, -0.15) is 0 Å². The second-order valence-corrected chi connectivity index (χ2v) is 2.60. The first-order chi connectivity index (χ1) is 5.79. The third-order valence-corrected chi connectivity index (χ3v) is 1.80. The normalized spacial score (nSPS) is 10.4. The van der Waals surface area contributed by atoms with E-state index in [4.69, 9.17) is 0 Å². The Hall–Kier alpha value is -1.64. The number of nitrogens with zero attached hydrogens (tertiary/aromatic N) is 1. The molecule has 0 radical (unpaired) electrons.